The first-order valence-electron chi connectivity index (χ1n) is 8.31. The van der Waals surface area contributed by atoms with Gasteiger partial charge >= 0.3 is 0 Å². The van der Waals surface area contributed by atoms with Crippen LogP contribution in [0.2, 0.25) is 0 Å². The zero-order valence-corrected chi connectivity index (χ0v) is 17.3. The Morgan fingerprint density at radius 3 is 2.37 bits per heavy atom. The summed E-state index contributed by atoms with van der Waals surface area (Å²) in [6.07, 6.45) is 0.574. The number of carbonyl (C=O) groups excluding carboxylic acids is 2. The van der Waals surface area contributed by atoms with Crippen LogP contribution < -0.4 is 10.4 Å². The van der Waals surface area contributed by atoms with E-state index in [1.54, 1.807) is 46.4 Å². The van der Waals surface area contributed by atoms with E-state index in [1.165, 1.54) is 26.3 Å². The van der Waals surface area contributed by atoms with Crippen molar-refractivity contribution in [3.63, 3.8) is 0 Å². The summed E-state index contributed by atoms with van der Waals surface area (Å²) in [5.74, 6) is 0.141. The first kappa shape index (κ1) is 22.5. The third-order valence-electron chi connectivity index (χ3n) is 3.06. The standard InChI is InChI=1S/C15H19N3O3S.C3H7NO/c1-10(2)21-18-14(20)11-7-5-6-8-12(11)16-15(18)22-9-13(19)17(3)4;1-4(2)3-5/h5-8,10H,9H2,1-4H3;3H,1-2H3. The average Bonchev–Trinajstić information content (AvgIpc) is 2.62. The number of thioether (sulfide) groups is 1. The molecule has 0 aliphatic carbocycles. The molecule has 9 heteroatoms. The van der Waals surface area contributed by atoms with Gasteiger partial charge in [0, 0.05) is 28.2 Å². The van der Waals surface area contributed by atoms with Crippen molar-refractivity contribution in [3.8, 4) is 0 Å². The van der Waals surface area contributed by atoms with E-state index in [4.69, 9.17) is 4.84 Å². The van der Waals surface area contributed by atoms with E-state index in [1.807, 2.05) is 19.9 Å². The molecule has 1 aromatic heterocycles. The first-order chi connectivity index (χ1) is 12.7. The fourth-order valence-electron chi connectivity index (χ4n) is 1.75. The van der Waals surface area contributed by atoms with Crippen LogP contribution in [0.3, 0.4) is 0 Å². The Balaban J connectivity index is 0.000000646. The SMILES string of the molecule is CC(C)On1c(SCC(=O)N(C)C)nc2ccccc2c1=O.CN(C)C=O. The summed E-state index contributed by atoms with van der Waals surface area (Å²) in [7, 11) is 6.75. The monoisotopic (exact) mass is 394 g/mol. The highest BCUT2D eigenvalue weighted by molar-refractivity contribution is 7.99. The molecule has 0 atom stereocenters. The molecule has 1 heterocycles. The van der Waals surface area contributed by atoms with Crippen molar-refractivity contribution in [2.45, 2.75) is 25.1 Å². The number of amides is 2. The van der Waals surface area contributed by atoms with E-state index in [9.17, 15) is 14.4 Å². The second-order valence-corrected chi connectivity index (χ2v) is 7.25. The summed E-state index contributed by atoms with van der Waals surface area (Å²) < 4.78 is 1.18. The molecule has 2 amide bonds. The number of benzene rings is 1. The lowest BCUT2D eigenvalue weighted by molar-refractivity contribution is -0.125. The molecule has 0 unspecified atom stereocenters. The van der Waals surface area contributed by atoms with Gasteiger partial charge in [0.2, 0.25) is 17.5 Å². The maximum atomic E-state index is 12.6. The molecule has 2 rings (SSSR count). The van der Waals surface area contributed by atoms with Crippen LogP contribution in [-0.2, 0) is 9.59 Å². The minimum Gasteiger partial charge on any atom is -0.406 e. The Labute approximate surface area is 163 Å². The summed E-state index contributed by atoms with van der Waals surface area (Å²) in [5.41, 5.74) is 0.329. The summed E-state index contributed by atoms with van der Waals surface area (Å²) >= 11 is 1.19. The van der Waals surface area contributed by atoms with Crippen molar-refractivity contribution < 1.29 is 14.4 Å². The first-order valence-corrected chi connectivity index (χ1v) is 9.29. The second kappa shape index (κ2) is 10.6. The van der Waals surface area contributed by atoms with Gasteiger partial charge in [-0.2, -0.15) is 0 Å². The molecule has 0 fully saturated rings. The lowest BCUT2D eigenvalue weighted by Gasteiger charge is -2.16. The molecule has 0 aliphatic heterocycles. The van der Waals surface area contributed by atoms with Crippen LogP contribution in [-0.4, -0.2) is 71.9 Å². The number of rotatable bonds is 6. The van der Waals surface area contributed by atoms with E-state index >= 15 is 0 Å². The van der Waals surface area contributed by atoms with E-state index in [2.05, 4.69) is 4.98 Å². The zero-order valence-electron chi connectivity index (χ0n) is 16.5. The van der Waals surface area contributed by atoms with E-state index in [-0.39, 0.29) is 23.3 Å². The minimum absolute atomic E-state index is 0.0523. The number of fused-ring (bicyclic) bond motifs is 1. The molecule has 0 saturated heterocycles. The summed E-state index contributed by atoms with van der Waals surface area (Å²) in [5, 5.41) is 0.874. The normalized spacial score (nSPS) is 10.2. The van der Waals surface area contributed by atoms with Gasteiger partial charge in [-0.15, -0.1) is 4.73 Å². The summed E-state index contributed by atoms with van der Waals surface area (Å²) in [4.78, 5) is 46.7. The Bertz CT molecular complexity index is 834. The Hall–Kier alpha value is -2.55. The predicted octanol–water partition coefficient (Wildman–Crippen LogP) is 1.12. The molecule has 0 bridgehead atoms. The number of carbonyl (C=O) groups is 2. The molecular formula is C18H26N4O4S. The second-order valence-electron chi connectivity index (χ2n) is 6.31. The lowest BCUT2D eigenvalue weighted by atomic mass is 10.2. The minimum atomic E-state index is -0.265. The van der Waals surface area contributed by atoms with Crippen LogP contribution in [0.1, 0.15) is 13.8 Å². The van der Waals surface area contributed by atoms with Gasteiger partial charge in [0.1, 0.15) is 6.10 Å². The van der Waals surface area contributed by atoms with Crippen LogP contribution in [0.4, 0.5) is 0 Å². The number of nitrogens with zero attached hydrogens (tertiary/aromatic N) is 4. The zero-order chi connectivity index (χ0) is 20.6. The highest BCUT2D eigenvalue weighted by Crippen LogP contribution is 2.17. The molecule has 0 spiro atoms. The number of hydrogen-bond donors (Lipinski definition) is 0. The van der Waals surface area contributed by atoms with Crippen LogP contribution in [0.25, 0.3) is 10.9 Å². The summed E-state index contributed by atoms with van der Waals surface area (Å²) in [6.45, 7) is 3.67. The molecule has 1 aromatic carbocycles. The lowest BCUT2D eigenvalue weighted by Crippen LogP contribution is -2.33. The van der Waals surface area contributed by atoms with Crippen molar-refractivity contribution in [2.75, 3.05) is 33.9 Å². The van der Waals surface area contributed by atoms with Gasteiger partial charge in [0.15, 0.2) is 0 Å². The number of hydrogen-bond acceptors (Lipinski definition) is 6. The Morgan fingerprint density at radius 2 is 1.85 bits per heavy atom. The average molecular weight is 394 g/mol. The fraction of sp³-hybridized carbons (Fsp3) is 0.444. The van der Waals surface area contributed by atoms with Crippen molar-refractivity contribution in [2.24, 2.45) is 0 Å². The molecule has 8 nitrogen and oxygen atoms in total. The molecule has 2 aromatic rings. The quantitative estimate of drug-likeness (QED) is 0.415. The van der Waals surface area contributed by atoms with E-state index < -0.39 is 0 Å². The third kappa shape index (κ3) is 6.93. The molecule has 0 aliphatic rings. The molecule has 0 radical (unpaired) electrons. The van der Waals surface area contributed by atoms with Gasteiger partial charge in [-0.05, 0) is 26.0 Å². The predicted molar refractivity (Wildman–Crippen MR) is 107 cm³/mol. The van der Waals surface area contributed by atoms with Gasteiger partial charge in [0.25, 0.3) is 5.56 Å². The van der Waals surface area contributed by atoms with Gasteiger partial charge in [0.05, 0.1) is 16.7 Å². The largest absolute Gasteiger partial charge is 0.406 e. The van der Waals surface area contributed by atoms with Gasteiger partial charge in [-0.1, -0.05) is 23.9 Å². The number of aromatic nitrogens is 2. The molecule has 27 heavy (non-hydrogen) atoms. The Kier molecular flexibility index (Phi) is 8.80. The summed E-state index contributed by atoms with van der Waals surface area (Å²) in [6, 6.07) is 7.09. The van der Waals surface area contributed by atoms with E-state index in [0.717, 1.165) is 6.41 Å². The van der Waals surface area contributed by atoms with Crippen molar-refractivity contribution in [1.29, 1.82) is 0 Å². The Morgan fingerprint density at radius 1 is 1.26 bits per heavy atom. The van der Waals surface area contributed by atoms with Crippen LogP contribution in [0, 0.1) is 0 Å². The third-order valence-corrected chi connectivity index (χ3v) is 3.97. The number of para-hydroxylation sites is 1. The van der Waals surface area contributed by atoms with Crippen LogP contribution in [0.15, 0.2) is 34.2 Å². The maximum Gasteiger partial charge on any atom is 0.295 e. The molecule has 0 N–H and O–H groups in total. The van der Waals surface area contributed by atoms with Crippen LogP contribution in [0.5, 0.6) is 0 Å². The fourth-order valence-corrected chi connectivity index (χ4v) is 2.66. The van der Waals surface area contributed by atoms with Crippen molar-refractivity contribution in [3.05, 3.63) is 34.6 Å². The van der Waals surface area contributed by atoms with Gasteiger partial charge in [-0.3, -0.25) is 14.4 Å². The highest BCUT2D eigenvalue weighted by atomic mass is 32.2. The van der Waals surface area contributed by atoms with Crippen molar-refractivity contribution >= 4 is 35.0 Å². The van der Waals surface area contributed by atoms with Crippen LogP contribution >= 0.6 is 11.8 Å². The molecule has 148 valence electrons. The van der Waals surface area contributed by atoms with Gasteiger partial charge < -0.3 is 14.6 Å². The topological polar surface area (TPSA) is 84.7 Å². The highest BCUT2D eigenvalue weighted by Gasteiger charge is 2.15. The molecule has 0 saturated carbocycles. The molecular weight excluding hydrogens is 368 g/mol. The maximum absolute atomic E-state index is 12.6. The van der Waals surface area contributed by atoms with E-state index in [0.29, 0.717) is 16.1 Å². The van der Waals surface area contributed by atoms with Gasteiger partial charge in [-0.25, -0.2) is 4.98 Å². The smallest absolute Gasteiger partial charge is 0.295 e. The van der Waals surface area contributed by atoms with Crippen molar-refractivity contribution in [1.82, 2.24) is 19.5 Å².